The number of halogens is 2. The molecule has 29 heavy (non-hydrogen) atoms. The molecule has 0 aliphatic carbocycles. The smallest absolute Gasteiger partial charge is 0.387 e. The molecule has 3 rings (SSSR count). The van der Waals surface area contributed by atoms with Crippen LogP contribution in [0.1, 0.15) is 18.1 Å². The lowest BCUT2D eigenvalue weighted by Gasteiger charge is -2.10. The third kappa shape index (κ3) is 4.95. The molecule has 0 fully saturated rings. The van der Waals surface area contributed by atoms with E-state index in [1.54, 1.807) is 24.3 Å². The van der Waals surface area contributed by atoms with Gasteiger partial charge in [0.15, 0.2) is 17.2 Å². The molecule has 0 bridgehead atoms. The minimum Gasteiger partial charge on any atom is -0.493 e. The van der Waals surface area contributed by atoms with Gasteiger partial charge in [0.25, 0.3) is 0 Å². The average molecular weight is 403 g/mol. The van der Waals surface area contributed by atoms with Crippen molar-refractivity contribution in [3.8, 4) is 17.2 Å². The first-order valence-electron chi connectivity index (χ1n) is 8.30. The molecule has 0 N–H and O–H groups in total. The molecule has 0 atom stereocenters. The monoisotopic (exact) mass is 403 g/mol. The van der Waals surface area contributed by atoms with E-state index in [1.807, 2.05) is 0 Å². The molecular formula is C20H15F2NO6. The summed E-state index contributed by atoms with van der Waals surface area (Å²) in [4.78, 5) is 27.2. The van der Waals surface area contributed by atoms with E-state index < -0.39 is 18.6 Å². The fourth-order valence-corrected chi connectivity index (χ4v) is 2.48. The van der Waals surface area contributed by atoms with Gasteiger partial charge in [0.2, 0.25) is 5.90 Å². The maximum atomic E-state index is 12.4. The Kier molecular flexibility index (Phi) is 5.87. The number of nitrogens with zero attached hydrogens (tertiary/aromatic N) is 1. The number of methoxy groups -OCH3 is 1. The summed E-state index contributed by atoms with van der Waals surface area (Å²) in [5.74, 6) is -0.850. The number of benzene rings is 2. The molecule has 7 nitrogen and oxygen atoms in total. The van der Waals surface area contributed by atoms with Crippen LogP contribution < -0.4 is 14.2 Å². The normalized spacial score (nSPS) is 14.6. The minimum absolute atomic E-state index is 0.000296. The van der Waals surface area contributed by atoms with E-state index in [0.29, 0.717) is 16.9 Å². The molecular weight excluding hydrogens is 388 g/mol. The number of esters is 2. The van der Waals surface area contributed by atoms with Gasteiger partial charge in [-0.3, -0.25) is 4.79 Å². The van der Waals surface area contributed by atoms with Crippen molar-refractivity contribution in [3.05, 3.63) is 59.3 Å². The lowest BCUT2D eigenvalue weighted by Crippen LogP contribution is -2.07. The Morgan fingerprint density at radius 3 is 2.48 bits per heavy atom. The Balaban J connectivity index is 1.84. The van der Waals surface area contributed by atoms with Crippen LogP contribution >= 0.6 is 0 Å². The van der Waals surface area contributed by atoms with Gasteiger partial charge in [-0.2, -0.15) is 8.78 Å². The Bertz CT molecular complexity index is 999. The highest BCUT2D eigenvalue weighted by Crippen LogP contribution is 2.31. The number of cyclic esters (lactones) is 1. The molecule has 1 aliphatic heterocycles. The molecule has 0 amide bonds. The van der Waals surface area contributed by atoms with Crippen LogP contribution in [0.4, 0.5) is 8.78 Å². The van der Waals surface area contributed by atoms with Crippen LogP contribution in [-0.4, -0.2) is 31.6 Å². The van der Waals surface area contributed by atoms with Gasteiger partial charge in [0, 0.05) is 12.5 Å². The fraction of sp³-hybridized carbons (Fsp3) is 0.150. The number of aliphatic imine (C=N–C) groups is 1. The number of hydrogen-bond donors (Lipinski definition) is 0. The first-order valence-corrected chi connectivity index (χ1v) is 8.30. The molecule has 0 unspecified atom stereocenters. The summed E-state index contributed by atoms with van der Waals surface area (Å²) in [6.07, 6.45) is 1.50. The highest BCUT2D eigenvalue weighted by molar-refractivity contribution is 6.13. The number of carbonyl (C=O) groups excluding carboxylic acids is 2. The quantitative estimate of drug-likeness (QED) is 0.417. The Labute approximate surface area is 164 Å². The number of rotatable bonds is 6. The van der Waals surface area contributed by atoms with Gasteiger partial charge in [-0.05, 0) is 42.0 Å². The molecule has 150 valence electrons. The molecule has 1 heterocycles. The van der Waals surface area contributed by atoms with Gasteiger partial charge in [0.1, 0.15) is 5.75 Å². The molecule has 0 radical (unpaired) electrons. The summed E-state index contributed by atoms with van der Waals surface area (Å²) in [7, 11) is 1.30. The van der Waals surface area contributed by atoms with Crippen molar-refractivity contribution < 1.29 is 37.3 Å². The average Bonchev–Trinajstić information content (AvgIpc) is 3.03. The maximum Gasteiger partial charge on any atom is 0.387 e. The Morgan fingerprint density at radius 2 is 1.86 bits per heavy atom. The van der Waals surface area contributed by atoms with Gasteiger partial charge >= 0.3 is 18.6 Å². The first-order chi connectivity index (χ1) is 13.9. The molecule has 2 aromatic carbocycles. The second-order valence-corrected chi connectivity index (χ2v) is 5.74. The van der Waals surface area contributed by atoms with Gasteiger partial charge in [-0.25, -0.2) is 9.79 Å². The van der Waals surface area contributed by atoms with Crippen molar-refractivity contribution in [1.29, 1.82) is 0 Å². The van der Waals surface area contributed by atoms with Gasteiger partial charge in [-0.15, -0.1) is 0 Å². The van der Waals surface area contributed by atoms with Gasteiger partial charge in [0.05, 0.1) is 7.11 Å². The summed E-state index contributed by atoms with van der Waals surface area (Å²) >= 11 is 0. The van der Waals surface area contributed by atoms with E-state index in [-0.39, 0.29) is 23.1 Å². The van der Waals surface area contributed by atoms with Crippen LogP contribution in [0.2, 0.25) is 0 Å². The molecule has 0 saturated carbocycles. The van der Waals surface area contributed by atoms with Crippen molar-refractivity contribution >= 4 is 23.9 Å². The van der Waals surface area contributed by atoms with Crippen LogP contribution in [0.15, 0.2) is 53.2 Å². The SMILES string of the molecule is COc1cc(C2=N/C(=C\c3ccc(OC(C)=O)cc3)C(=O)O2)ccc1OC(F)F. The number of carbonyl (C=O) groups is 2. The highest BCUT2D eigenvalue weighted by Gasteiger charge is 2.25. The third-order valence-corrected chi connectivity index (χ3v) is 3.69. The molecule has 0 saturated heterocycles. The highest BCUT2D eigenvalue weighted by atomic mass is 19.3. The van der Waals surface area contributed by atoms with Crippen molar-refractivity contribution in [2.45, 2.75) is 13.5 Å². The summed E-state index contributed by atoms with van der Waals surface area (Å²) < 4.78 is 44.4. The van der Waals surface area contributed by atoms with Crippen molar-refractivity contribution in [3.63, 3.8) is 0 Å². The van der Waals surface area contributed by atoms with Gasteiger partial charge < -0.3 is 18.9 Å². The molecule has 0 aromatic heterocycles. The summed E-state index contributed by atoms with van der Waals surface area (Å²) in [6.45, 7) is -1.71. The van der Waals surface area contributed by atoms with E-state index in [4.69, 9.17) is 14.2 Å². The summed E-state index contributed by atoms with van der Waals surface area (Å²) in [5, 5.41) is 0. The zero-order valence-electron chi connectivity index (χ0n) is 15.3. The van der Waals surface area contributed by atoms with Crippen LogP contribution in [0, 0.1) is 0 Å². The number of alkyl halides is 2. The van der Waals surface area contributed by atoms with Crippen LogP contribution in [0.3, 0.4) is 0 Å². The van der Waals surface area contributed by atoms with E-state index in [2.05, 4.69) is 9.73 Å². The molecule has 9 heteroatoms. The van der Waals surface area contributed by atoms with Crippen molar-refractivity contribution in [2.75, 3.05) is 7.11 Å². The van der Waals surface area contributed by atoms with Crippen LogP contribution in [0.25, 0.3) is 6.08 Å². The predicted molar refractivity (Wildman–Crippen MR) is 98.0 cm³/mol. The second-order valence-electron chi connectivity index (χ2n) is 5.74. The number of hydrogen-bond acceptors (Lipinski definition) is 7. The van der Waals surface area contributed by atoms with Crippen molar-refractivity contribution in [2.24, 2.45) is 4.99 Å². The topological polar surface area (TPSA) is 83.4 Å². The van der Waals surface area contributed by atoms with E-state index in [0.717, 1.165) is 0 Å². The largest absolute Gasteiger partial charge is 0.493 e. The minimum atomic E-state index is -3.00. The summed E-state index contributed by atoms with van der Waals surface area (Å²) in [5.41, 5.74) is 1.04. The predicted octanol–water partition coefficient (Wildman–Crippen LogP) is 3.57. The lowest BCUT2D eigenvalue weighted by atomic mass is 10.2. The second kappa shape index (κ2) is 8.51. The van der Waals surface area contributed by atoms with E-state index in [1.165, 1.54) is 38.3 Å². The lowest BCUT2D eigenvalue weighted by molar-refractivity contribution is -0.132. The number of ether oxygens (including phenoxy) is 4. The van der Waals surface area contributed by atoms with Crippen LogP contribution in [0.5, 0.6) is 17.2 Å². The van der Waals surface area contributed by atoms with E-state index in [9.17, 15) is 18.4 Å². The van der Waals surface area contributed by atoms with Gasteiger partial charge in [-0.1, -0.05) is 12.1 Å². The molecule has 2 aromatic rings. The Hall–Kier alpha value is -3.75. The summed E-state index contributed by atoms with van der Waals surface area (Å²) in [6, 6.07) is 10.5. The standard InChI is InChI=1S/C20H15F2NO6/c1-11(24)27-14-6-3-12(4-7-14)9-15-19(25)29-18(23-15)13-5-8-16(28-20(21)22)17(10-13)26-2/h3-10,20H,1-2H3/b15-9-. The zero-order valence-corrected chi connectivity index (χ0v) is 15.3. The maximum absolute atomic E-state index is 12.4. The fourth-order valence-electron chi connectivity index (χ4n) is 2.48. The molecule has 0 spiro atoms. The zero-order chi connectivity index (χ0) is 21.0. The van der Waals surface area contributed by atoms with Crippen LogP contribution in [-0.2, 0) is 14.3 Å². The Morgan fingerprint density at radius 1 is 1.14 bits per heavy atom. The van der Waals surface area contributed by atoms with E-state index >= 15 is 0 Å². The molecule has 1 aliphatic rings. The van der Waals surface area contributed by atoms with Crippen molar-refractivity contribution in [1.82, 2.24) is 0 Å². The third-order valence-electron chi connectivity index (χ3n) is 3.69. The first kappa shape index (κ1) is 20.0.